The van der Waals surface area contributed by atoms with Gasteiger partial charge in [0.25, 0.3) is 5.91 Å². The zero-order chi connectivity index (χ0) is 18.2. The Morgan fingerprint density at radius 3 is 2.60 bits per heavy atom. The topological polar surface area (TPSA) is 112 Å². The minimum atomic E-state index is -0.719. The van der Waals surface area contributed by atoms with Crippen molar-refractivity contribution < 1.29 is 33.3 Å². The number of nitrogens with one attached hydrogen (secondary N) is 2. The molecule has 0 aliphatic carbocycles. The average molecular weight is 352 g/mol. The molecule has 0 saturated heterocycles. The van der Waals surface area contributed by atoms with Crippen LogP contribution in [0.3, 0.4) is 0 Å². The molecule has 0 radical (unpaired) electrons. The minimum absolute atomic E-state index is 0.164. The summed E-state index contributed by atoms with van der Waals surface area (Å²) in [5.74, 6) is -0.487. The van der Waals surface area contributed by atoms with Gasteiger partial charge in [0.15, 0.2) is 18.1 Å². The van der Waals surface area contributed by atoms with Crippen LogP contribution in [0.4, 0.5) is 0 Å². The second-order valence-corrected chi connectivity index (χ2v) is 5.01. The molecular weight excluding hydrogens is 332 g/mol. The predicted molar refractivity (Wildman–Crippen MR) is 86.0 cm³/mol. The summed E-state index contributed by atoms with van der Waals surface area (Å²) in [5.41, 5.74) is 0.164. The second kappa shape index (κ2) is 8.76. The molecule has 2 N–H and O–H groups in total. The molecule has 0 fully saturated rings. The molecule has 1 aromatic rings. The highest BCUT2D eigenvalue weighted by atomic mass is 16.6. The summed E-state index contributed by atoms with van der Waals surface area (Å²) in [6.45, 7) is 2.30. The van der Waals surface area contributed by atoms with Gasteiger partial charge in [0.1, 0.15) is 13.2 Å². The maximum absolute atomic E-state index is 12.1. The van der Waals surface area contributed by atoms with Crippen LogP contribution in [0.1, 0.15) is 17.3 Å². The largest absolute Gasteiger partial charge is 0.493 e. The SMILES string of the molecule is CCNC(=O)CNC(=O)COC(=O)c1cc(OC)c2c(c1)OCCO2. The molecule has 0 spiro atoms. The van der Waals surface area contributed by atoms with Crippen molar-refractivity contribution in [1.82, 2.24) is 10.6 Å². The van der Waals surface area contributed by atoms with Crippen molar-refractivity contribution >= 4 is 17.8 Å². The summed E-state index contributed by atoms with van der Waals surface area (Å²) in [5, 5.41) is 4.88. The van der Waals surface area contributed by atoms with Gasteiger partial charge < -0.3 is 29.6 Å². The van der Waals surface area contributed by atoms with E-state index in [-0.39, 0.29) is 18.0 Å². The highest BCUT2D eigenvalue weighted by molar-refractivity contribution is 5.93. The van der Waals surface area contributed by atoms with Crippen molar-refractivity contribution in [1.29, 1.82) is 0 Å². The van der Waals surface area contributed by atoms with Crippen LogP contribution >= 0.6 is 0 Å². The van der Waals surface area contributed by atoms with E-state index in [1.165, 1.54) is 19.2 Å². The van der Waals surface area contributed by atoms with E-state index in [0.717, 1.165) is 0 Å². The Kier molecular flexibility index (Phi) is 6.44. The molecule has 1 aliphatic heterocycles. The van der Waals surface area contributed by atoms with E-state index in [2.05, 4.69) is 10.6 Å². The number of esters is 1. The quantitative estimate of drug-likeness (QED) is 0.658. The Morgan fingerprint density at radius 2 is 1.88 bits per heavy atom. The molecule has 9 heteroatoms. The van der Waals surface area contributed by atoms with Crippen LogP contribution in [0.5, 0.6) is 17.2 Å². The van der Waals surface area contributed by atoms with Gasteiger partial charge in [-0.1, -0.05) is 0 Å². The van der Waals surface area contributed by atoms with Gasteiger partial charge in [-0.05, 0) is 19.1 Å². The fourth-order valence-electron chi connectivity index (χ4n) is 2.09. The third-order valence-electron chi connectivity index (χ3n) is 3.22. The number of amides is 2. The van der Waals surface area contributed by atoms with Crippen molar-refractivity contribution in [2.45, 2.75) is 6.92 Å². The van der Waals surface area contributed by atoms with Gasteiger partial charge in [-0.2, -0.15) is 0 Å². The van der Waals surface area contributed by atoms with Crippen molar-refractivity contribution in [2.24, 2.45) is 0 Å². The number of methoxy groups -OCH3 is 1. The summed E-state index contributed by atoms with van der Waals surface area (Å²) >= 11 is 0. The molecule has 0 unspecified atom stereocenters. The van der Waals surface area contributed by atoms with E-state index in [4.69, 9.17) is 18.9 Å². The van der Waals surface area contributed by atoms with Crippen LogP contribution in [-0.4, -0.2) is 57.8 Å². The van der Waals surface area contributed by atoms with E-state index >= 15 is 0 Å². The average Bonchev–Trinajstić information content (AvgIpc) is 2.63. The summed E-state index contributed by atoms with van der Waals surface area (Å²) in [6, 6.07) is 2.91. The molecule has 9 nitrogen and oxygen atoms in total. The van der Waals surface area contributed by atoms with Crippen molar-refractivity contribution in [3.05, 3.63) is 17.7 Å². The monoisotopic (exact) mass is 352 g/mol. The van der Waals surface area contributed by atoms with E-state index in [1.807, 2.05) is 0 Å². The Bertz CT molecular complexity index is 643. The standard InChI is InChI=1S/C16H20N2O7/c1-3-17-13(19)8-18-14(20)9-25-16(21)10-6-11(22-2)15-12(7-10)23-4-5-24-15/h6-7H,3-5,8-9H2,1-2H3,(H,17,19)(H,18,20). The third kappa shape index (κ3) is 5.00. The molecule has 25 heavy (non-hydrogen) atoms. The molecule has 0 atom stereocenters. The van der Waals surface area contributed by atoms with Gasteiger partial charge in [0.05, 0.1) is 19.2 Å². The highest BCUT2D eigenvalue weighted by Gasteiger charge is 2.22. The highest BCUT2D eigenvalue weighted by Crippen LogP contribution is 2.40. The lowest BCUT2D eigenvalue weighted by atomic mass is 10.1. The van der Waals surface area contributed by atoms with Gasteiger partial charge in [0, 0.05) is 6.54 Å². The third-order valence-corrected chi connectivity index (χ3v) is 3.22. The Hall–Kier alpha value is -2.97. The summed E-state index contributed by atoms with van der Waals surface area (Å²) < 4.78 is 21.0. The number of rotatable bonds is 7. The molecule has 0 saturated carbocycles. The smallest absolute Gasteiger partial charge is 0.338 e. The van der Waals surface area contributed by atoms with Crippen LogP contribution in [0.15, 0.2) is 12.1 Å². The fraction of sp³-hybridized carbons (Fsp3) is 0.438. The Balaban J connectivity index is 1.92. The molecule has 0 bridgehead atoms. The molecule has 1 aromatic carbocycles. The Labute approximate surface area is 144 Å². The normalized spacial score (nSPS) is 12.1. The maximum atomic E-state index is 12.1. The van der Waals surface area contributed by atoms with Crippen molar-refractivity contribution in [3.8, 4) is 17.2 Å². The first kappa shape index (κ1) is 18.4. The molecule has 2 rings (SSSR count). The molecule has 0 aromatic heterocycles. The predicted octanol–water partition coefficient (Wildman–Crippen LogP) is -0.124. The van der Waals surface area contributed by atoms with Gasteiger partial charge >= 0.3 is 5.97 Å². The van der Waals surface area contributed by atoms with Crippen LogP contribution in [0.25, 0.3) is 0 Å². The van der Waals surface area contributed by atoms with Crippen LogP contribution in [0.2, 0.25) is 0 Å². The van der Waals surface area contributed by atoms with Crippen LogP contribution in [-0.2, 0) is 14.3 Å². The number of carbonyl (C=O) groups excluding carboxylic acids is 3. The lowest BCUT2D eigenvalue weighted by molar-refractivity contribution is -0.127. The summed E-state index contributed by atoms with van der Waals surface area (Å²) in [6.07, 6.45) is 0. The van der Waals surface area contributed by atoms with Crippen LogP contribution in [0, 0.1) is 0 Å². The van der Waals surface area contributed by atoms with Crippen LogP contribution < -0.4 is 24.8 Å². The number of hydrogen-bond acceptors (Lipinski definition) is 7. The number of carbonyl (C=O) groups is 3. The molecule has 136 valence electrons. The fourth-order valence-corrected chi connectivity index (χ4v) is 2.09. The van der Waals surface area contributed by atoms with Gasteiger partial charge in [-0.15, -0.1) is 0 Å². The van der Waals surface area contributed by atoms with Crippen molar-refractivity contribution in [2.75, 3.05) is 40.0 Å². The number of fused-ring (bicyclic) bond motifs is 1. The molecular formula is C16H20N2O7. The van der Waals surface area contributed by atoms with Crippen molar-refractivity contribution in [3.63, 3.8) is 0 Å². The molecule has 2 amide bonds. The van der Waals surface area contributed by atoms with E-state index in [9.17, 15) is 14.4 Å². The number of likely N-dealkylation sites (N-methyl/N-ethyl adjacent to an activating group) is 1. The van der Waals surface area contributed by atoms with E-state index < -0.39 is 18.5 Å². The first-order valence-electron chi connectivity index (χ1n) is 7.73. The number of hydrogen-bond donors (Lipinski definition) is 2. The zero-order valence-corrected chi connectivity index (χ0v) is 14.0. The number of ether oxygens (including phenoxy) is 4. The van der Waals surface area contributed by atoms with Gasteiger partial charge in [-0.3, -0.25) is 9.59 Å². The lowest BCUT2D eigenvalue weighted by Crippen LogP contribution is -2.38. The first-order valence-corrected chi connectivity index (χ1v) is 7.73. The number of benzene rings is 1. The zero-order valence-electron chi connectivity index (χ0n) is 14.0. The summed E-state index contributed by atoms with van der Waals surface area (Å²) in [4.78, 5) is 35.0. The molecule has 1 aliphatic rings. The minimum Gasteiger partial charge on any atom is -0.493 e. The Morgan fingerprint density at radius 1 is 1.12 bits per heavy atom. The second-order valence-electron chi connectivity index (χ2n) is 5.01. The van der Waals surface area contributed by atoms with Gasteiger partial charge in [-0.25, -0.2) is 4.79 Å². The summed E-state index contributed by atoms with van der Waals surface area (Å²) in [7, 11) is 1.44. The van der Waals surface area contributed by atoms with Gasteiger partial charge in [0.2, 0.25) is 11.7 Å². The first-order chi connectivity index (χ1) is 12.0. The lowest BCUT2D eigenvalue weighted by Gasteiger charge is -2.21. The maximum Gasteiger partial charge on any atom is 0.338 e. The van der Waals surface area contributed by atoms with E-state index in [1.54, 1.807) is 6.92 Å². The molecule has 1 heterocycles. The van der Waals surface area contributed by atoms with E-state index in [0.29, 0.717) is 37.0 Å².